The first-order valence-corrected chi connectivity index (χ1v) is 8.05. The Kier molecular flexibility index (Phi) is 6.49. The van der Waals surface area contributed by atoms with Crippen molar-refractivity contribution in [1.29, 1.82) is 0 Å². The molecule has 1 aliphatic heterocycles. The smallest absolute Gasteiger partial charge is 0.410 e. The van der Waals surface area contributed by atoms with Crippen molar-refractivity contribution in [3.8, 4) is 0 Å². The van der Waals surface area contributed by atoms with E-state index in [1.807, 2.05) is 25.7 Å². The molecular formula is C16H30N2O3. The summed E-state index contributed by atoms with van der Waals surface area (Å²) in [6, 6.07) is 0. The number of ether oxygens (including phenoxy) is 1. The summed E-state index contributed by atoms with van der Waals surface area (Å²) in [5.41, 5.74) is -0.478. The van der Waals surface area contributed by atoms with Crippen molar-refractivity contribution in [2.75, 3.05) is 26.2 Å². The van der Waals surface area contributed by atoms with Gasteiger partial charge in [0.05, 0.1) is 0 Å². The Morgan fingerprint density at radius 1 is 1.00 bits per heavy atom. The van der Waals surface area contributed by atoms with Crippen molar-refractivity contribution < 1.29 is 14.3 Å². The van der Waals surface area contributed by atoms with Crippen LogP contribution in [-0.2, 0) is 9.53 Å². The van der Waals surface area contributed by atoms with Crippen LogP contribution in [0.3, 0.4) is 0 Å². The quantitative estimate of drug-likeness (QED) is 0.805. The average Bonchev–Trinajstić information content (AvgIpc) is 2.63. The van der Waals surface area contributed by atoms with E-state index in [1.54, 1.807) is 4.90 Å². The summed E-state index contributed by atoms with van der Waals surface area (Å²) < 4.78 is 5.40. The summed E-state index contributed by atoms with van der Waals surface area (Å²) in [5.74, 6) is 0.337. The Morgan fingerprint density at radius 3 is 2.05 bits per heavy atom. The van der Waals surface area contributed by atoms with Gasteiger partial charge in [-0.25, -0.2) is 4.79 Å². The molecule has 1 fully saturated rings. The number of amides is 2. The molecule has 1 aliphatic rings. The molecule has 0 bridgehead atoms. The second-order valence-electron chi connectivity index (χ2n) is 6.66. The minimum Gasteiger partial charge on any atom is -0.444 e. The summed E-state index contributed by atoms with van der Waals surface area (Å²) in [7, 11) is 0. The second-order valence-corrected chi connectivity index (χ2v) is 6.66. The lowest BCUT2D eigenvalue weighted by molar-refractivity contribution is -0.135. The molecule has 2 amide bonds. The van der Waals surface area contributed by atoms with E-state index in [4.69, 9.17) is 4.74 Å². The lowest BCUT2D eigenvalue weighted by Crippen LogP contribution is -2.41. The molecule has 1 saturated heterocycles. The van der Waals surface area contributed by atoms with Crippen LogP contribution in [0.25, 0.3) is 0 Å². The standard InChI is InChI=1S/C16H30N2O3/c1-6-13(7-2)14(19)17-9-8-10-18(12-11-17)15(20)21-16(3,4)5/h13H,6-12H2,1-5H3. The van der Waals surface area contributed by atoms with Crippen LogP contribution < -0.4 is 0 Å². The number of carbonyl (C=O) groups excluding carboxylic acids is 2. The van der Waals surface area contributed by atoms with E-state index < -0.39 is 5.60 Å². The molecule has 0 aromatic rings. The highest BCUT2D eigenvalue weighted by molar-refractivity contribution is 5.79. The molecule has 1 rings (SSSR count). The molecule has 0 aromatic heterocycles. The maximum Gasteiger partial charge on any atom is 0.410 e. The van der Waals surface area contributed by atoms with Crippen LogP contribution in [-0.4, -0.2) is 53.6 Å². The fourth-order valence-corrected chi connectivity index (χ4v) is 2.54. The molecule has 5 heteroatoms. The first kappa shape index (κ1) is 17.8. The zero-order valence-corrected chi connectivity index (χ0v) is 14.1. The van der Waals surface area contributed by atoms with Gasteiger partial charge in [0.1, 0.15) is 5.60 Å². The van der Waals surface area contributed by atoms with Crippen LogP contribution in [0.1, 0.15) is 53.9 Å². The van der Waals surface area contributed by atoms with Crippen LogP contribution in [0.15, 0.2) is 0 Å². The first-order chi connectivity index (χ1) is 9.78. The van der Waals surface area contributed by atoms with Crippen LogP contribution in [0.2, 0.25) is 0 Å². The highest BCUT2D eigenvalue weighted by atomic mass is 16.6. The van der Waals surface area contributed by atoms with Crippen LogP contribution in [0, 0.1) is 5.92 Å². The minimum absolute atomic E-state index is 0.109. The third-order valence-electron chi connectivity index (χ3n) is 3.79. The van der Waals surface area contributed by atoms with Gasteiger partial charge in [0, 0.05) is 32.1 Å². The normalized spacial score (nSPS) is 16.9. The summed E-state index contributed by atoms with van der Waals surface area (Å²) >= 11 is 0. The maximum absolute atomic E-state index is 12.4. The zero-order valence-electron chi connectivity index (χ0n) is 14.1. The number of hydrogen-bond acceptors (Lipinski definition) is 3. The monoisotopic (exact) mass is 298 g/mol. The molecule has 0 radical (unpaired) electrons. The van der Waals surface area contributed by atoms with E-state index in [0.717, 1.165) is 25.8 Å². The maximum atomic E-state index is 12.4. The van der Waals surface area contributed by atoms with Crippen molar-refractivity contribution in [2.45, 2.75) is 59.5 Å². The highest BCUT2D eigenvalue weighted by Gasteiger charge is 2.27. The predicted molar refractivity (Wildman–Crippen MR) is 83.1 cm³/mol. The van der Waals surface area contributed by atoms with Crippen molar-refractivity contribution in [3.05, 3.63) is 0 Å². The molecule has 122 valence electrons. The summed E-state index contributed by atoms with van der Waals surface area (Å²) in [5, 5.41) is 0. The van der Waals surface area contributed by atoms with Crippen molar-refractivity contribution in [3.63, 3.8) is 0 Å². The van der Waals surface area contributed by atoms with Crippen LogP contribution in [0.4, 0.5) is 4.79 Å². The highest BCUT2D eigenvalue weighted by Crippen LogP contribution is 2.16. The number of rotatable bonds is 3. The van der Waals surface area contributed by atoms with Gasteiger partial charge in [0.2, 0.25) is 5.91 Å². The van der Waals surface area contributed by atoms with E-state index in [1.165, 1.54) is 0 Å². The average molecular weight is 298 g/mol. The summed E-state index contributed by atoms with van der Waals surface area (Å²) in [6.07, 6.45) is 2.29. The third-order valence-corrected chi connectivity index (χ3v) is 3.79. The van der Waals surface area contributed by atoms with E-state index in [0.29, 0.717) is 19.6 Å². The SMILES string of the molecule is CCC(CC)C(=O)N1CCCN(C(=O)OC(C)(C)C)CC1. The summed E-state index contributed by atoms with van der Waals surface area (Å²) in [4.78, 5) is 28.1. The second kappa shape index (κ2) is 7.66. The van der Waals surface area contributed by atoms with Crippen LogP contribution >= 0.6 is 0 Å². The Hall–Kier alpha value is -1.26. The number of carbonyl (C=O) groups is 2. The van der Waals surface area contributed by atoms with Gasteiger partial charge in [0.15, 0.2) is 0 Å². The summed E-state index contributed by atoms with van der Waals surface area (Å²) in [6.45, 7) is 12.3. The van der Waals surface area contributed by atoms with Gasteiger partial charge in [-0.15, -0.1) is 0 Å². The van der Waals surface area contributed by atoms with Gasteiger partial charge in [-0.3, -0.25) is 4.79 Å². The predicted octanol–water partition coefficient (Wildman–Crippen LogP) is 2.89. The Bertz CT molecular complexity index is 359. The molecule has 0 atom stereocenters. The topological polar surface area (TPSA) is 49.9 Å². The lowest BCUT2D eigenvalue weighted by Gasteiger charge is -2.27. The van der Waals surface area contributed by atoms with Gasteiger partial charge < -0.3 is 14.5 Å². The molecule has 1 heterocycles. The minimum atomic E-state index is -0.478. The van der Waals surface area contributed by atoms with Gasteiger partial charge in [-0.05, 0) is 40.0 Å². The largest absolute Gasteiger partial charge is 0.444 e. The van der Waals surface area contributed by atoms with E-state index in [2.05, 4.69) is 13.8 Å². The zero-order chi connectivity index (χ0) is 16.0. The van der Waals surface area contributed by atoms with Gasteiger partial charge in [-0.1, -0.05) is 13.8 Å². The van der Waals surface area contributed by atoms with E-state index >= 15 is 0 Å². The molecule has 0 aromatic carbocycles. The van der Waals surface area contributed by atoms with Crippen molar-refractivity contribution in [2.24, 2.45) is 5.92 Å². The van der Waals surface area contributed by atoms with Gasteiger partial charge in [-0.2, -0.15) is 0 Å². The molecule has 0 N–H and O–H groups in total. The van der Waals surface area contributed by atoms with E-state index in [-0.39, 0.29) is 17.9 Å². The fraction of sp³-hybridized carbons (Fsp3) is 0.875. The molecule has 0 spiro atoms. The first-order valence-electron chi connectivity index (χ1n) is 8.05. The molecular weight excluding hydrogens is 268 g/mol. The van der Waals surface area contributed by atoms with Gasteiger partial charge >= 0.3 is 6.09 Å². The van der Waals surface area contributed by atoms with Crippen molar-refractivity contribution in [1.82, 2.24) is 9.80 Å². The Balaban J connectivity index is 2.58. The Morgan fingerprint density at radius 2 is 1.52 bits per heavy atom. The molecule has 0 aliphatic carbocycles. The fourth-order valence-electron chi connectivity index (χ4n) is 2.54. The molecule has 5 nitrogen and oxygen atoms in total. The number of nitrogens with zero attached hydrogens (tertiary/aromatic N) is 2. The van der Waals surface area contributed by atoms with Crippen molar-refractivity contribution >= 4 is 12.0 Å². The lowest BCUT2D eigenvalue weighted by atomic mass is 10.0. The molecule has 0 unspecified atom stereocenters. The third kappa shape index (κ3) is 5.56. The molecule has 21 heavy (non-hydrogen) atoms. The van der Waals surface area contributed by atoms with Gasteiger partial charge in [0.25, 0.3) is 0 Å². The molecule has 0 saturated carbocycles. The Labute approximate surface area is 128 Å². The number of hydrogen-bond donors (Lipinski definition) is 0. The van der Waals surface area contributed by atoms with E-state index in [9.17, 15) is 9.59 Å². The van der Waals surface area contributed by atoms with Crippen LogP contribution in [0.5, 0.6) is 0 Å².